The Bertz CT molecular complexity index is 1320. The number of esters is 1. The molecule has 208 valence electrons. The van der Waals surface area contributed by atoms with Crippen LogP contribution in [0.4, 0.5) is 15.4 Å². The number of ether oxygens (including phenoxy) is 3. The number of anilines is 1. The van der Waals surface area contributed by atoms with Gasteiger partial charge in [-0.05, 0) is 68.0 Å². The minimum Gasteiger partial charge on any atom is -0.460 e. The van der Waals surface area contributed by atoms with Gasteiger partial charge in [-0.25, -0.2) is 14.6 Å². The zero-order chi connectivity index (χ0) is 28.4. The standard InChI is InChI=1S/C28H35N5O6/c1-6-29-26(35)33-24-15-22-21(18-9-10-30-20(13-18)14-25(34)39-28(2,3)4)8-7-19(23(22)17-31-24)16-32-27(36)38-12-11-37-5/h7-10,13,15,17H,6,11-12,14,16H2,1-5H3,(H,32,36)(H2,29,31,33,35). The van der Waals surface area contributed by atoms with Crippen LogP contribution in [0.15, 0.2) is 42.7 Å². The van der Waals surface area contributed by atoms with Crippen molar-refractivity contribution in [1.82, 2.24) is 20.6 Å². The van der Waals surface area contributed by atoms with Crippen LogP contribution in [-0.4, -0.2) is 60.5 Å². The number of aromatic nitrogens is 2. The maximum absolute atomic E-state index is 12.4. The van der Waals surface area contributed by atoms with Crippen LogP contribution in [-0.2, 0) is 32.0 Å². The van der Waals surface area contributed by atoms with Crippen molar-refractivity contribution < 1.29 is 28.6 Å². The Hall–Kier alpha value is -4.25. The molecule has 11 heteroatoms. The largest absolute Gasteiger partial charge is 0.460 e. The number of hydrogen-bond acceptors (Lipinski definition) is 8. The number of urea groups is 1. The molecule has 0 unspecified atom stereocenters. The Labute approximate surface area is 227 Å². The first-order valence-electron chi connectivity index (χ1n) is 12.6. The van der Waals surface area contributed by atoms with E-state index >= 15 is 0 Å². The third kappa shape index (κ3) is 8.92. The number of pyridine rings is 2. The van der Waals surface area contributed by atoms with Crippen molar-refractivity contribution in [2.75, 3.05) is 32.2 Å². The number of alkyl carbamates (subject to hydrolysis) is 1. The Morgan fingerprint density at radius 3 is 2.49 bits per heavy atom. The summed E-state index contributed by atoms with van der Waals surface area (Å²) in [5.41, 5.74) is 2.44. The molecule has 0 saturated heterocycles. The second-order valence-corrected chi connectivity index (χ2v) is 9.65. The van der Waals surface area contributed by atoms with Gasteiger partial charge in [0, 0.05) is 38.0 Å². The molecule has 0 atom stereocenters. The molecule has 0 spiro atoms. The van der Waals surface area contributed by atoms with Crippen LogP contribution in [0.25, 0.3) is 21.9 Å². The average Bonchev–Trinajstić information content (AvgIpc) is 2.86. The lowest BCUT2D eigenvalue weighted by Gasteiger charge is -2.19. The number of rotatable bonds is 10. The lowest BCUT2D eigenvalue weighted by molar-refractivity contribution is -0.154. The van der Waals surface area contributed by atoms with E-state index in [0.29, 0.717) is 24.7 Å². The summed E-state index contributed by atoms with van der Waals surface area (Å²) >= 11 is 0. The molecule has 0 bridgehead atoms. The van der Waals surface area contributed by atoms with E-state index in [0.717, 1.165) is 27.5 Å². The highest BCUT2D eigenvalue weighted by Gasteiger charge is 2.18. The number of carbonyl (C=O) groups excluding carboxylic acids is 3. The smallest absolute Gasteiger partial charge is 0.407 e. The summed E-state index contributed by atoms with van der Waals surface area (Å²) in [5, 5.41) is 9.72. The van der Waals surface area contributed by atoms with Crippen LogP contribution in [0.3, 0.4) is 0 Å². The summed E-state index contributed by atoms with van der Waals surface area (Å²) in [7, 11) is 1.53. The first-order valence-corrected chi connectivity index (χ1v) is 12.6. The van der Waals surface area contributed by atoms with Crippen molar-refractivity contribution in [2.24, 2.45) is 0 Å². The van der Waals surface area contributed by atoms with Gasteiger partial charge >= 0.3 is 18.1 Å². The summed E-state index contributed by atoms with van der Waals surface area (Å²) in [6, 6.07) is 8.88. The molecule has 0 aliphatic heterocycles. The second kappa shape index (κ2) is 13.5. The molecule has 11 nitrogen and oxygen atoms in total. The van der Waals surface area contributed by atoms with Crippen LogP contribution < -0.4 is 16.0 Å². The monoisotopic (exact) mass is 537 g/mol. The van der Waals surface area contributed by atoms with Gasteiger partial charge in [0.1, 0.15) is 18.0 Å². The number of methoxy groups -OCH3 is 1. The highest BCUT2D eigenvalue weighted by molar-refractivity contribution is 6.01. The van der Waals surface area contributed by atoms with Gasteiger partial charge < -0.3 is 24.8 Å². The van der Waals surface area contributed by atoms with E-state index in [-0.39, 0.29) is 31.6 Å². The van der Waals surface area contributed by atoms with Crippen molar-refractivity contribution in [1.29, 1.82) is 0 Å². The summed E-state index contributed by atoms with van der Waals surface area (Å²) in [6.07, 6.45) is 2.76. The highest BCUT2D eigenvalue weighted by Crippen LogP contribution is 2.32. The highest BCUT2D eigenvalue weighted by atomic mass is 16.6. The number of fused-ring (bicyclic) bond motifs is 1. The lowest BCUT2D eigenvalue weighted by Crippen LogP contribution is -2.28. The van der Waals surface area contributed by atoms with E-state index in [4.69, 9.17) is 14.2 Å². The van der Waals surface area contributed by atoms with Gasteiger partial charge in [-0.15, -0.1) is 0 Å². The van der Waals surface area contributed by atoms with Crippen molar-refractivity contribution in [3.63, 3.8) is 0 Å². The maximum Gasteiger partial charge on any atom is 0.407 e. The molecule has 3 rings (SSSR count). The molecule has 3 N–H and O–H groups in total. The summed E-state index contributed by atoms with van der Waals surface area (Å²) in [4.78, 5) is 45.3. The molecule has 0 radical (unpaired) electrons. The summed E-state index contributed by atoms with van der Waals surface area (Å²) in [6.45, 7) is 8.39. The molecule has 0 saturated carbocycles. The van der Waals surface area contributed by atoms with Gasteiger partial charge in [-0.3, -0.25) is 15.1 Å². The van der Waals surface area contributed by atoms with E-state index in [1.165, 1.54) is 7.11 Å². The van der Waals surface area contributed by atoms with E-state index in [9.17, 15) is 14.4 Å². The molecular formula is C28H35N5O6. The molecule has 2 aromatic heterocycles. The zero-order valence-electron chi connectivity index (χ0n) is 22.9. The van der Waals surface area contributed by atoms with Crippen LogP contribution >= 0.6 is 0 Å². The Kier molecular flexibility index (Phi) is 10.2. The normalized spacial score (nSPS) is 11.1. The molecule has 3 aromatic rings. The van der Waals surface area contributed by atoms with Gasteiger partial charge in [-0.1, -0.05) is 12.1 Å². The number of carbonyl (C=O) groups is 3. The fourth-order valence-corrected chi connectivity index (χ4v) is 3.80. The molecule has 1 aromatic carbocycles. The van der Waals surface area contributed by atoms with Crippen molar-refractivity contribution in [3.8, 4) is 11.1 Å². The first kappa shape index (κ1) is 29.3. The summed E-state index contributed by atoms with van der Waals surface area (Å²) in [5.74, 6) is -0.00439. The second-order valence-electron chi connectivity index (χ2n) is 9.65. The SMILES string of the molecule is CCNC(=O)Nc1cc2c(-c3ccnc(CC(=O)OC(C)(C)C)c3)ccc(CNC(=O)OCCOC)c2cn1. The fraction of sp³-hybridized carbons (Fsp3) is 0.393. The van der Waals surface area contributed by atoms with Crippen LogP contribution in [0.5, 0.6) is 0 Å². The summed E-state index contributed by atoms with van der Waals surface area (Å²) < 4.78 is 15.4. The topological polar surface area (TPSA) is 141 Å². The van der Waals surface area contributed by atoms with Crippen LogP contribution in [0.1, 0.15) is 39.0 Å². The minimum absolute atomic E-state index is 0.0295. The van der Waals surface area contributed by atoms with Crippen LogP contribution in [0, 0.1) is 0 Å². The van der Waals surface area contributed by atoms with E-state index < -0.39 is 11.7 Å². The molecule has 3 amide bonds. The predicted molar refractivity (Wildman–Crippen MR) is 147 cm³/mol. The molecule has 0 aliphatic carbocycles. The molecular weight excluding hydrogens is 502 g/mol. The quantitative estimate of drug-likeness (QED) is 0.258. The predicted octanol–water partition coefficient (Wildman–Crippen LogP) is 4.20. The fourth-order valence-electron chi connectivity index (χ4n) is 3.80. The maximum atomic E-state index is 12.4. The van der Waals surface area contributed by atoms with E-state index in [1.807, 2.05) is 52.0 Å². The molecule has 2 heterocycles. The average molecular weight is 538 g/mol. The number of benzene rings is 1. The van der Waals surface area contributed by atoms with Crippen molar-refractivity contribution >= 4 is 34.7 Å². The minimum atomic E-state index is -0.592. The van der Waals surface area contributed by atoms with Gasteiger partial charge in [-0.2, -0.15) is 0 Å². The van der Waals surface area contributed by atoms with Gasteiger partial charge in [0.15, 0.2) is 0 Å². The number of amides is 3. The third-order valence-electron chi connectivity index (χ3n) is 5.39. The van der Waals surface area contributed by atoms with E-state index in [2.05, 4.69) is 25.9 Å². The van der Waals surface area contributed by atoms with Gasteiger partial charge in [0.25, 0.3) is 0 Å². The van der Waals surface area contributed by atoms with Crippen molar-refractivity contribution in [3.05, 3.63) is 54.0 Å². The zero-order valence-corrected chi connectivity index (χ0v) is 22.9. The van der Waals surface area contributed by atoms with Gasteiger partial charge in [0.2, 0.25) is 0 Å². The van der Waals surface area contributed by atoms with Crippen molar-refractivity contribution in [2.45, 2.75) is 46.3 Å². The Balaban J connectivity index is 1.96. The number of nitrogens with one attached hydrogen (secondary N) is 3. The Morgan fingerprint density at radius 1 is 0.974 bits per heavy atom. The van der Waals surface area contributed by atoms with Gasteiger partial charge in [0.05, 0.1) is 18.7 Å². The lowest BCUT2D eigenvalue weighted by atomic mass is 9.96. The Morgan fingerprint density at radius 2 is 1.77 bits per heavy atom. The third-order valence-corrected chi connectivity index (χ3v) is 5.39. The number of nitrogens with zero attached hydrogens (tertiary/aromatic N) is 2. The molecule has 0 aliphatic rings. The van der Waals surface area contributed by atoms with E-state index in [1.54, 1.807) is 18.5 Å². The number of hydrogen-bond donors (Lipinski definition) is 3. The first-order chi connectivity index (χ1) is 18.6. The molecule has 0 fully saturated rings. The van der Waals surface area contributed by atoms with Crippen LogP contribution in [0.2, 0.25) is 0 Å². The molecule has 39 heavy (non-hydrogen) atoms.